The number of para-hydroxylation sites is 1. The number of nitrogens with one attached hydrogen (secondary N) is 2. The molecule has 0 bridgehead atoms. The van der Waals surface area contributed by atoms with Gasteiger partial charge in [-0.05, 0) is 30.7 Å². The van der Waals surface area contributed by atoms with Gasteiger partial charge in [-0.25, -0.2) is 4.68 Å². The van der Waals surface area contributed by atoms with Crippen molar-refractivity contribution in [2.75, 3.05) is 17.7 Å². The number of amides is 1. The summed E-state index contributed by atoms with van der Waals surface area (Å²) < 4.78 is 7.42. The van der Waals surface area contributed by atoms with Crippen LogP contribution in [-0.2, 0) is 10.5 Å². The molecule has 9 heteroatoms. The molecule has 0 aliphatic carbocycles. The van der Waals surface area contributed by atoms with Crippen LogP contribution in [0.15, 0.2) is 95.6 Å². The Morgan fingerprint density at radius 1 is 1.11 bits per heavy atom. The lowest BCUT2D eigenvalue weighted by molar-refractivity contribution is -0.113. The number of carbonyl (C=O) groups is 1. The maximum absolute atomic E-state index is 13.5. The van der Waals surface area contributed by atoms with Gasteiger partial charge in [0.05, 0.1) is 24.6 Å². The van der Waals surface area contributed by atoms with Crippen LogP contribution >= 0.6 is 11.8 Å². The first-order chi connectivity index (χ1) is 17.1. The van der Waals surface area contributed by atoms with Gasteiger partial charge in [-0.15, -0.1) is 5.10 Å². The molecule has 0 spiro atoms. The molecule has 0 unspecified atom stereocenters. The summed E-state index contributed by atoms with van der Waals surface area (Å²) in [6.45, 7) is 1.87. The van der Waals surface area contributed by atoms with Crippen LogP contribution in [0, 0.1) is 0 Å². The summed E-state index contributed by atoms with van der Waals surface area (Å²) in [4.78, 5) is 22.4. The van der Waals surface area contributed by atoms with E-state index in [1.807, 2.05) is 49.4 Å². The van der Waals surface area contributed by atoms with E-state index in [1.54, 1.807) is 48.1 Å². The molecule has 0 saturated carbocycles. The van der Waals surface area contributed by atoms with Gasteiger partial charge in [0.1, 0.15) is 11.8 Å². The molecule has 2 N–H and O–H groups in total. The van der Waals surface area contributed by atoms with Gasteiger partial charge in [0.15, 0.2) is 0 Å². The van der Waals surface area contributed by atoms with Crippen LogP contribution in [-0.4, -0.2) is 32.8 Å². The third-order valence-corrected chi connectivity index (χ3v) is 6.55. The van der Waals surface area contributed by atoms with E-state index in [2.05, 4.69) is 27.8 Å². The van der Waals surface area contributed by atoms with E-state index in [4.69, 9.17) is 14.8 Å². The predicted octanol–water partition coefficient (Wildman–Crippen LogP) is 4.90. The maximum Gasteiger partial charge on any atom is 0.255 e. The van der Waals surface area contributed by atoms with Crippen molar-refractivity contribution in [1.29, 1.82) is 0 Å². The number of pyridine rings is 1. The maximum atomic E-state index is 13.5. The van der Waals surface area contributed by atoms with Crippen molar-refractivity contribution >= 4 is 29.3 Å². The molecule has 5 rings (SSSR count). The first kappa shape index (κ1) is 22.7. The fourth-order valence-electron chi connectivity index (χ4n) is 4.02. The normalized spacial score (nSPS) is 14.7. The fourth-order valence-corrected chi connectivity index (χ4v) is 4.81. The number of aromatic nitrogens is 4. The van der Waals surface area contributed by atoms with Crippen molar-refractivity contribution in [1.82, 2.24) is 19.7 Å². The first-order valence-electron chi connectivity index (χ1n) is 11.1. The molecule has 8 nitrogen and oxygen atoms in total. The highest BCUT2D eigenvalue weighted by Crippen LogP contribution is 2.40. The first-order valence-corrected chi connectivity index (χ1v) is 12.1. The van der Waals surface area contributed by atoms with E-state index in [1.165, 1.54) is 5.56 Å². The predicted molar refractivity (Wildman–Crippen MR) is 136 cm³/mol. The number of carbonyl (C=O) groups excluding carboxylic acids is 1. The van der Waals surface area contributed by atoms with Crippen molar-refractivity contribution in [3.8, 4) is 5.75 Å². The SMILES string of the molecule is COc1ccccc1[C@H]1C(C(=O)Nc2cccnc2)=C(C)Nc2nc(SCc3ccccc3)nn21. The lowest BCUT2D eigenvalue weighted by Crippen LogP contribution is -2.31. The molecule has 2 aromatic carbocycles. The van der Waals surface area contributed by atoms with Crippen LogP contribution in [0.4, 0.5) is 11.6 Å². The second-order valence-electron chi connectivity index (χ2n) is 7.94. The van der Waals surface area contributed by atoms with Crippen molar-refractivity contribution in [2.45, 2.75) is 23.9 Å². The van der Waals surface area contributed by atoms with Gasteiger partial charge < -0.3 is 15.4 Å². The van der Waals surface area contributed by atoms with Gasteiger partial charge in [-0.2, -0.15) is 4.98 Å². The Morgan fingerprint density at radius 2 is 1.91 bits per heavy atom. The van der Waals surface area contributed by atoms with Crippen molar-refractivity contribution < 1.29 is 9.53 Å². The van der Waals surface area contributed by atoms with E-state index in [9.17, 15) is 4.79 Å². The van der Waals surface area contributed by atoms with Crippen LogP contribution in [0.25, 0.3) is 0 Å². The molecule has 176 valence electrons. The summed E-state index contributed by atoms with van der Waals surface area (Å²) in [6, 6.07) is 20.9. The number of nitrogens with zero attached hydrogens (tertiary/aromatic N) is 4. The van der Waals surface area contributed by atoms with Crippen molar-refractivity contribution in [2.24, 2.45) is 0 Å². The summed E-state index contributed by atoms with van der Waals surface area (Å²) in [7, 11) is 1.62. The third kappa shape index (κ3) is 4.76. The zero-order chi connectivity index (χ0) is 24.2. The van der Waals surface area contributed by atoms with Crippen LogP contribution in [0.5, 0.6) is 5.75 Å². The van der Waals surface area contributed by atoms with Crippen LogP contribution < -0.4 is 15.4 Å². The number of fused-ring (bicyclic) bond motifs is 1. The van der Waals surface area contributed by atoms with Gasteiger partial charge in [0.2, 0.25) is 11.1 Å². The Morgan fingerprint density at radius 3 is 2.69 bits per heavy atom. The number of ether oxygens (including phenoxy) is 1. The summed E-state index contributed by atoms with van der Waals surface area (Å²) in [5.74, 6) is 1.73. The molecule has 0 saturated heterocycles. The Bertz CT molecular complexity index is 1370. The summed E-state index contributed by atoms with van der Waals surface area (Å²) in [6.07, 6.45) is 3.28. The minimum atomic E-state index is -0.530. The summed E-state index contributed by atoms with van der Waals surface area (Å²) in [5.41, 5.74) is 3.83. The zero-order valence-corrected chi connectivity index (χ0v) is 20.1. The topological polar surface area (TPSA) is 94.0 Å². The van der Waals surface area contributed by atoms with Crippen LogP contribution in [0.2, 0.25) is 0 Å². The quantitative estimate of drug-likeness (QED) is 0.360. The number of methoxy groups -OCH3 is 1. The Hall–Kier alpha value is -4.11. The highest BCUT2D eigenvalue weighted by atomic mass is 32.2. The highest BCUT2D eigenvalue weighted by molar-refractivity contribution is 7.98. The highest BCUT2D eigenvalue weighted by Gasteiger charge is 2.36. The third-order valence-electron chi connectivity index (χ3n) is 5.64. The molecule has 1 atom stereocenters. The zero-order valence-electron chi connectivity index (χ0n) is 19.3. The second kappa shape index (κ2) is 10.0. The molecule has 0 fully saturated rings. The van der Waals surface area contributed by atoms with Gasteiger partial charge in [-0.3, -0.25) is 9.78 Å². The number of allylic oxidation sites excluding steroid dienone is 1. The Labute approximate surface area is 207 Å². The summed E-state index contributed by atoms with van der Waals surface area (Å²) >= 11 is 1.55. The fraction of sp³-hybridized carbons (Fsp3) is 0.154. The molecular weight excluding hydrogens is 460 g/mol. The standard InChI is InChI=1S/C26H24N6O2S/c1-17-22(24(33)29-19-11-8-14-27-15-19)23(20-12-6-7-13-21(20)34-2)32-25(28-17)30-26(31-32)35-16-18-9-4-3-5-10-18/h3-15,23H,16H2,1-2H3,(H,29,33)(H,28,30,31)/t23-/m0/s1. The second-order valence-corrected chi connectivity index (χ2v) is 8.88. The molecular formula is C26H24N6O2S. The van der Waals surface area contributed by atoms with Gasteiger partial charge in [-0.1, -0.05) is 60.3 Å². The minimum Gasteiger partial charge on any atom is -0.496 e. The largest absolute Gasteiger partial charge is 0.496 e. The van der Waals surface area contributed by atoms with Gasteiger partial charge in [0, 0.05) is 23.2 Å². The van der Waals surface area contributed by atoms with E-state index < -0.39 is 6.04 Å². The summed E-state index contributed by atoms with van der Waals surface area (Å²) in [5, 5.41) is 11.6. The smallest absolute Gasteiger partial charge is 0.255 e. The van der Waals surface area contributed by atoms with Crippen molar-refractivity contribution in [3.05, 3.63) is 102 Å². The molecule has 1 amide bonds. The number of hydrogen-bond donors (Lipinski definition) is 2. The van der Waals surface area contributed by atoms with E-state index in [0.717, 1.165) is 11.3 Å². The van der Waals surface area contributed by atoms with E-state index in [-0.39, 0.29) is 5.91 Å². The molecule has 35 heavy (non-hydrogen) atoms. The Kier molecular flexibility index (Phi) is 6.49. The number of rotatable bonds is 7. The number of hydrogen-bond acceptors (Lipinski definition) is 7. The average molecular weight is 485 g/mol. The average Bonchev–Trinajstić information content (AvgIpc) is 3.30. The van der Waals surface area contributed by atoms with Crippen molar-refractivity contribution in [3.63, 3.8) is 0 Å². The molecule has 3 heterocycles. The molecule has 1 aliphatic rings. The lowest BCUT2D eigenvalue weighted by Gasteiger charge is -2.29. The molecule has 0 radical (unpaired) electrons. The van der Waals surface area contributed by atoms with Gasteiger partial charge >= 0.3 is 0 Å². The van der Waals surface area contributed by atoms with Crippen LogP contribution in [0.3, 0.4) is 0 Å². The van der Waals surface area contributed by atoms with Gasteiger partial charge in [0.25, 0.3) is 5.91 Å². The number of anilines is 2. The molecule has 4 aromatic rings. The number of thioether (sulfide) groups is 1. The minimum absolute atomic E-state index is 0.251. The molecule has 2 aromatic heterocycles. The monoisotopic (exact) mass is 484 g/mol. The lowest BCUT2D eigenvalue weighted by atomic mass is 9.94. The van der Waals surface area contributed by atoms with E-state index in [0.29, 0.717) is 33.8 Å². The van der Waals surface area contributed by atoms with Crippen LogP contribution in [0.1, 0.15) is 24.1 Å². The Balaban J connectivity index is 1.53. The molecule has 1 aliphatic heterocycles. The van der Waals surface area contributed by atoms with E-state index >= 15 is 0 Å². The number of benzene rings is 2.